The Hall–Kier alpha value is -1.55. The van der Waals surface area contributed by atoms with Crippen LogP contribution in [0.15, 0.2) is 34.6 Å². The minimum Gasteiger partial charge on any atom is -0.497 e. The molecule has 2 aromatic rings. The van der Waals surface area contributed by atoms with Crippen LogP contribution in [0.3, 0.4) is 0 Å². The highest BCUT2D eigenvalue weighted by molar-refractivity contribution is 14.0. The molecular formula is C19H29IN4O2S. The number of aromatic nitrogens is 1. The molecule has 6 nitrogen and oxygen atoms in total. The first kappa shape index (κ1) is 23.5. The summed E-state index contributed by atoms with van der Waals surface area (Å²) in [5.41, 5.74) is 1.13. The van der Waals surface area contributed by atoms with Crippen molar-refractivity contribution in [1.82, 2.24) is 15.6 Å². The Morgan fingerprint density at radius 3 is 2.78 bits per heavy atom. The summed E-state index contributed by atoms with van der Waals surface area (Å²) in [6, 6.07) is 7.63. The molecule has 0 aliphatic carbocycles. The van der Waals surface area contributed by atoms with Crippen molar-refractivity contribution in [2.45, 2.75) is 26.7 Å². The summed E-state index contributed by atoms with van der Waals surface area (Å²) in [6.45, 7) is 7.06. The first-order valence-electron chi connectivity index (χ1n) is 8.91. The zero-order valence-corrected chi connectivity index (χ0v) is 19.3. The van der Waals surface area contributed by atoms with Crippen LogP contribution >= 0.6 is 35.3 Å². The lowest BCUT2D eigenvalue weighted by atomic mass is 10.3. The highest BCUT2D eigenvalue weighted by Gasteiger charge is 2.01. The van der Waals surface area contributed by atoms with Crippen LogP contribution in [0.4, 0.5) is 0 Å². The first-order chi connectivity index (χ1) is 12.7. The Morgan fingerprint density at radius 2 is 2.07 bits per heavy atom. The van der Waals surface area contributed by atoms with Crippen LogP contribution in [0.5, 0.6) is 11.5 Å². The van der Waals surface area contributed by atoms with Gasteiger partial charge >= 0.3 is 0 Å². The van der Waals surface area contributed by atoms with E-state index in [1.54, 1.807) is 18.4 Å². The molecule has 0 fully saturated rings. The summed E-state index contributed by atoms with van der Waals surface area (Å²) in [7, 11) is 1.65. The van der Waals surface area contributed by atoms with Gasteiger partial charge in [0.15, 0.2) is 5.96 Å². The van der Waals surface area contributed by atoms with Crippen LogP contribution in [0, 0.1) is 6.92 Å². The second-order valence-electron chi connectivity index (χ2n) is 5.68. The van der Waals surface area contributed by atoms with Gasteiger partial charge in [-0.05, 0) is 26.0 Å². The number of halogens is 1. The number of ether oxygens (including phenoxy) is 2. The van der Waals surface area contributed by atoms with E-state index in [1.807, 2.05) is 31.2 Å². The van der Waals surface area contributed by atoms with Gasteiger partial charge in [-0.25, -0.2) is 4.98 Å². The van der Waals surface area contributed by atoms with E-state index in [4.69, 9.17) is 9.47 Å². The third-order valence-electron chi connectivity index (χ3n) is 3.57. The van der Waals surface area contributed by atoms with E-state index in [-0.39, 0.29) is 24.0 Å². The first-order valence-corrected chi connectivity index (χ1v) is 9.79. The monoisotopic (exact) mass is 504 g/mol. The Balaban J connectivity index is 0.00000364. The summed E-state index contributed by atoms with van der Waals surface area (Å²) in [6.07, 6.45) is 1.74. The molecular weight excluding hydrogens is 475 g/mol. The third kappa shape index (κ3) is 9.28. The van der Waals surface area contributed by atoms with Gasteiger partial charge in [-0.2, -0.15) is 0 Å². The standard InChI is InChI=1S/C19H28N4O2S.HI/c1-4-20-19(22-11-9-16-14-26-15(2)23-16)21-10-6-12-25-18-8-5-7-17(13-18)24-3;/h5,7-8,13-14H,4,6,9-12H2,1-3H3,(H2,20,21,22);1H. The molecule has 0 amide bonds. The molecule has 150 valence electrons. The Bertz CT molecular complexity index is 694. The number of thiazole rings is 1. The lowest BCUT2D eigenvalue weighted by Gasteiger charge is -2.11. The average Bonchev–Trinajstić information content (AvgIpc) is 3.06. The van der Waals surface area contributed by atoms with Crippen LogP contribution in [0.25, 0.3) is 0 Å². The summed E-state index contributed by atoms with van der Waals surface area (Å²) in [5, 5.41) is 9.83. The summed E-state index contributed by atoms with van der Waals surface area (Å²) >= 11 is 1.69. The van der Waals surface area contributed by atoms with Crippen molar-refractivity contribution < 1.29 is 9.47 Å². The second kappa shape index (κ2) is 13.6. The van der Waals surface area contributed by atoms with Crippen molar-refractivity contribution in [1.29, 1.82) is 0 Å². The molecule has 1 aromatic heterocycles. The Morgan fingerprint density at radius 1 is 1.26 bits per heavy atom. The minimum atomic E-state index is 0. The fourth-order valence-electron chi connectivity index (χ4n) is 2.31. The number of hydrogen-bond donors (Lipinski definition) is 2. The van der Waals surface area contributed by atoms with Gasteiger partial charge in [0.25, 0.3) is 0 Å². The largest absolute Gasteiger partial charge is 0.497 e. The van der Waals surface area contributed by atoms with E-state index in [1.165, 1.54) is 0 Å². The van der Waals surface area contributed by atoms with E-state index in [0.717, 1.165) is 54.1 Å². The van der Waals surface area contributed by atoms with Gasteiger partial charge in [0, 0.05) is 43.9 Å². The number of rotatable bonds is 10. The molecule has 0 bridgehead atoms. The topological polar surface area (TPSA) is 67.8 Å². The van der Waals surface area contributed by atoms with Crippen molar-refractivity contribution in [2.24, 2.45) is 4.99 Å². The molecule has 0 radical (unpaired) electrons. The van der Waals surface area contributed by atoms with Crippen LogP contribution in [-0.4, -0.2) is 44.3 Å². The smallest absolute Gasteiger partial charge is 0.191 e. The number of hydrogen-bond acceptors (Lipinski definition) is 5. The maximum atomic E-state index is 5.73. The molecule has 0 unspecified atom stereocenters. The highest BCUT2D eigenvalue weighted by Crippen LogP contribution is 2.18. The van der Waals surface area contributed by atoms with Crippen LogP contribution in [0.2, 0.25) is 0 Å². The average molecular weight is 504 g/mol. The zero-order chi connectivity index (χ0) is 18.6. The van der Waals surface area contributed by atoms with Gasteiger partial charge in [0.1, 0.15) is 11.5 Å². The van der Waals surface area contributed by atoms with E-state index in [2.05, 4.69) is 32.9 Å². The fraction of sp³-hybridized carbons (Fsp3) is 0.474. The molecule has 2 rings (SSSR count). The molecule has 1 aromatic carbocycles. The number of nitrogens with one attached hydrogen (secondary N) is 2. The van der Waals surface area contributed by atoms with Crippen molar-refractivity contribution in [3.8, 4) is 11.5 Å². The quantitative estimate of drug-likeness (QED) is 0.224. The van der Waals surface area contributed by atoms with E-state index in [9.17, 15) is 0 Å². The summed E-state index contributed by atoms with van der Waals surface area (Å²) in [5.74, 6) is 2.45. The lowest BCUT2D eigenvalue weighted by molar-refractivity contribution is 0.311. The lowest BCUT2D eigenvalue weighted by Crippen LogP contribution is -2.38. The molecule has 0 saturated carbocycles. The van der Waals surface area contributed by atoms with Crippen LogP contribution in [0.1, 0.15) is 24.0 Å². The highest BCUT2D eigenvalue weighted by atomic mass is 127. The molecule has 0 saturated heterocycles. The minimum absolute atomic E-state index is 0. The van der Waals surface area contributed by atoms with Gasteiger partial charge < -0.3 is 20.1 Å². The molecule has 0 aliphatic heterocycles. The Labute approximate surface area is 182 Å². The molecule has 8 heteroatoms. The van der Waals surface area contributed by atoms with Gasteiger partial charge in [-0.3, -0.25) is 4.99 Å². The number of benzene rings is 1. The predicted octanol–water partition coefficient (Wildman–Crippen LogP) is 3.64. The van der Waals surface area contributed by atoms with Gasteiger partial charge in [-0.15, -0.1) is 35.3 Å². The third-order valence-corrected chi connectivity index (χ3v) is 4.39. The molecule has 0 atom stereocenters. The molecule has 0 aliphatic rings. The van der Waals surface area contributed by atoms with Crippen molar-refractivity contribution in [2.75, 3.05) is 33.4 Å². The van der Waals surface area contributed by atoms with Gasteiger partial charge in [-0.1, -0.05) is 6.07 Å². The number of nitrogens with zero attached hydrogens (tertiary/aromatic N) is 2. The van der Waals surface area contributed by atoms with Crippen molar-refractivity contribution >= 4 is 41.3 Å². The van der Waals surface area contributed by atoms with E-state index < -0.39 is 0 Å². The maximum Gasteiger partial charge on any atom is 0.191 e. The SMILES string of the molecule is CCNC(=NCCCOc1cccc(OC)c1)NCCc1csc(C)n1.I. The Kier molecular flexibility index (Phi) is 11.8. The number of guanidine groups is 1. The summed E-state index contributed by atoms with van der Waals surface area (Å²) in [4.78, 5) is 9.06. The summed E-state index contributed by atoms with van der Waals surface area (Å²) < 4.78 is 10.9. The number of aliphatic imine (C=N–C) groups is 1. The van der Waals surface area contributed by atoms with Crippen LogP contribution < -0.4 is 20.1 Å². The second-order valence-corrected chi connectivity index (χ2v) is 6.74. The van der Waals surface area contributed by atoms with Gasteiger partial charge in [0.05, 0.1) is 24.4 Å². The van der Waals surface area contributed by atoms with Crippen LogP contribution in [-0.2, 0) is 6.42 Å². The molecule has 0 spiro atoms. The number of aryl methyl sites for hydroxylation is 1. The zero-order valence-electron chi connectivity index (χ0n) is 16.2. The molecule has 27 heavy (non-hydrogen) atoms. The van der Waals surface area contributed by atoms with Gasteiger partial charge in [0.2, 0.25) is 0 Å². The maximum absolute atomic E-state index is 5.73. The van der Waals surface area contributed by atoms with Crippen molar-refractivity contribution in [3.05, 3.63) is 40.3 Å². The number of methoxy groups -OCH3 is 1. The van der Waals surface area contributed by atoms with E-state index in [0.29, 0.717) is 13.2 Å². The van der Waals surface area contributed by atoms with E-state index >= 15 is 0 Å². The predicted molar refractivity (Wildman–Crippen MR) is 123 cm³/mol. The molecule has 2 N–H and O–H groups in total. The fourth-order valence-corrected chi connectivity index (χ4v) is 2.96. The molecule has 1 heterocycles. The van der Waals surface area contributed by atoms with Crippen molar-refractivity contribution in [3.63, 3.8) is 0 Å². The normalized spacial score (nSPS) is 10.9.